The molecule has 1 atom stereocenters. The molecule has 0 spiro atoms. The highest BCUT2D eigenvalue weighted by atomic mass is 14.7. The first-order valence-electron chi connectivity index (χ1n) is 6.87. The molecule has 92 valence electrons. The van der Waals surface area contributed by atoms with Gasteiger partial charge >= 0.3 is 0 Å². The van der Waals surface area contributed by atoms with Crippen LogP contribution in [0.15, 0.2) is 63.7 Å². The van der Waals surface area contributed by atoms with E-state index < -0.39 is 0 Å². The molecule has 1 nitrogen and oxygen atoms in total. The molecule has 0 bridgehead atoms. The summed E-state index contributed by atoms with van der Waals surface area (Å²) in [4.78, 5) is 4.37. The SMILES string of the molecule is CCC1=CCC2C=C(C3=CCCN=C3)C=CC2=C1. The Morgan fingerprint density at radius 1 is 1.22 bits per heavy atom. The minimum absolute atomic E-state index is 0.566. The molecule has 0 N–H and O–H groups in total. The standard InChI is InChI=1S/C17H19N/c1-2-13-5-6-15-11-16(8-7-14(15)10-13)17-4-3-9-18-12-17/h4-5,7-8,10-12,15H,2-3,6,9H2,1H3. The fourth-order valence-corrected chi connectivity index (χ4v) is 2.73. The van der Waals surface area contributed by atoms with Gasteiger partial charge in [-0.25, -0.2) is 0 Å². The summed E-state index contributed by atoms with van der Waals surface area (Å²) < 4.78 is 0. The molecule has 18 heavy (non-hydrogen) atoms. The van der Waals surface area contributed by atoms with Crippen LogP contribution in [-0.4, -0.2) is 12.8 Å². The van der Waals surface area contributed by atoms with Crippen LogP contribution in [0.1, 0.15) is 26.2 Å². The summed E-state index contributed by atoms with van der Waals surface area (Å²) in [6, 6.07) is 0. The van der Waals surface area contributed by atoms with E-state index in [4.69, 9.17) is 0 Å². The van der Waals surface area contributed by atoms with E-state index in [0.717, 1.165) is 25.8 Å². The van der Waals surface area contributed by atoms with E-state index in [1.807, 2.05) is 6.21 Å². The summed E-state index contributed by atoms with van der Waals surface area (Å²) in [7, 11) is 0. The monoisotopic (exact) mass is 237 g/mol. The zero-order chi connectivity index (χ0) is 12.4. The molecule has 1 unspecified atom stereocenters. The lowest BCUT2D eigenvalue weighted by molar-refractivity contribution is 0.761. The third-order valence-electron chi connectivity index (χ3n) is 3.84. The summed E-state index contributed by atoms with van der Waals surface area (Å²) in [5.41, 5.74) is 5.57. The molecular formula is C17H19N. The Morgan fingerprint density at radius 2 is 2.17 bits per heavy atom. The van der Waals surface area contributed by atoms with Gasteiger partial charge in [0.25, 0.3) is 0 Å². The molecule has 3 aliphatic rings. The number of nitrogens with zero attached hydrogens (tertiary/aromatic N) is 1. The van der Waals surface area contributed by atoms with Gasteiger partial charge in [-0.3, -0.25) is 4.99 Å². The predicted octanol–water partition coefficient (Wildman–Crippen LogP) is 4.17. The van der Waals surface area contributed by atoms with Gasteiger partial charge < -0.3 is 0 Å². The Bertz CT molecular complexity index is 524. The lowest BCUT2D eigenvalue weighted by atomic mass is 9.81. The zero-order valence-electron chi connectivity index (χ0n) is 10.9. The van der Waals surface area contributed by atoms with Crippen molar-refractivity contribution in [1.29, 1.82) is 0 Å². The summed E-state index contributed by atoms with van der Waals surface area (Å²) in [6.07, 6.45) is 19.3. The molecule has 0 aromatic carbocycles. The predicted molar refractivity (Wildman–Crippen MR) is 77.8 cm³/mol. The molecule has 0 aromatic heterocycles. The van der Waals surface area contributed by atoms with Crippen LogP contribution in [0.4, 0.5) is 0 Å². The first kappa shape index (κ1) is 11.5. The van der Waals surface area contributed by atoms with E-state index in [9.17, 15) is 0 Å². The molecule has 0 amide bonds. The maximum atomic E-state index is 4.37. The van der Waals surface area contributed by atoms with Crippen molar-refractivity contribution in [2.45, 2.75) is 26.2 Å². The molecule has 0 radical (unpaired) electrons. The first-order valence-corrected chi connectivity index (χ1v) is 6.87. The number of hydrogen-bond acceptors (Lipinski definition) is 1. The van der Waals surface area contributed by atoms with Crippen molar-refractivity contribution in [1.82, 2.24) is 0 Å². The topological polar surface area (TPSA) is 12.4 Å². The average Bonchev–Trinajstić information content (AvgIpc) is 2.47. The largest absolute Gasteiger partial charge is 0.292 e. The van der Waals surface area contributed by atoms with Crippen LogP contribution in [0.5, 0.6) is 0 Å². The molecule has 0 saturated heterocycles. The molecule has 1 aliphatic heterocycles. The van der Waals surface area contributed by atoms with Crippen LogP contribution in [0.25, 0.3) is 0 Å². The van der Waals surface area contributed by atoms with Gasteiger partial charge in [0.15, 0.2) is 0 Å². The third kappa shape index (κ3) is 2.17. The Hall–Kier alpha value is -1.63. The molecule has 0 fully saturated rings. The van der Waals surface area contributed by atoms with Crippen molar-refractivity contribution in [3.63, 3.8) is 0 Å². The second-order valence-electron chi connectivity index (χ2n) is 5.06. The molecule has 0 saturated carbocycles. The highest BCUT2D eigenvalue weighted by Crippen LogP contribution is 2.33. The van der Waals surface area contributed by atoms with Gasteiger partial charge in [0, 0.05) is 18.7 Å². The van der Waals surface area contributed by atoms with Crippen molar-refractivity contribution in [3.05, 3.63) is 58.7 Å². The number of rotatable bonds is 2. The lowest BCUT2D eigenvalue weighted by Gasteiger charge is -2.23. The van der Waals surface area contributed by atoms with Crippen LogP contribution in [0, 0.1) is 5.92 Å². The van der Waals surface area contributed by atoms with Gasteiger partial charge in [0.1, 0.15) is 0 Å². The van der Waals surface area contributed by atoms with E-state index >= 15 is 0 Å². The maximum Gasteiger partial charge on any atom is 0.0424 e. The second-order valence-corrected chi connectivity index (χ2v) is 5.06. The minimum atomic E-state index is 0.566. The summed E-state index contributed by atoms with van der Waals surface area (Å²) in [5, 5.41) is 0. The van der Waals surface area contributed by atoms with Crippen LogP contribution in [0.3, 0.4) is 0 Å². The number of allylic oxidation sites excluding steroid dienone is 9. The average molecular weight is 237 g/mol. The van der Waals surface area contributed by atoms with Gasteiger partial charge in [-0.1, -0.05) is 49.0 Å². The first-order chi connectivity index (χ1) is 8.86. The van der Waals surface area contributed by atoms with Crippen molar-refractivity contribution in [2.24, 2.45) is 10.9 Å². The van der Waals surface area contributed by atoms with Crippen LogP contribution in [-0.2, 0) is 0 Å². The summed E-state index contributed by atoms with van der Waals surface area (Å²) in [5.74, 6) is 0.566. The van der Waals surface area contributed by atoms with E-state index in [0.29, 0.717) is 5.92 Å². The molecule has 0 aromatic rings. The fourth-order valence-electron chi connectivity index (χ4n) is 2.73. The highest BCUT2D eigenvalue weighted by molar-refractivity contribution is 5.87. The quantitative estimate of drug-likeness (QED) is 0.683. The zero-order valence-corrected chi connectivity index (χ0v) is 10.9. The Labute approximate surface area is 109 Å². The maximum absolute atomic E-state index is 4.37. The lowest BCUT2D eigenvalue weighted by Crippen LogP contribution is -2.09. The number of fused-ring (bicyclic) bond motifs is 1. The Kier molecular flexibility index (Phi) is 3.14. The van der Waals surface area contributed by atoms with Crippen LogP contribution >= 0.6 is 0 Å². The second kappa shape index (κ2) is 4.93. The van der Waals surface area contributed by atoms with E-state index in [-0.39, 0.29) is 0 Å². The van der Waals surface area contributed by atoms with E-state index in [1.54, 1.807) is 0 Å². The highest BCUT2D eigenvalue weighted by Gasteiger charge is 2.18. The van der Waals surface area contributed by atoms with Gasteiger partial charge in [-0.05, 0) is 36.0 Å². The molecule has 3 rings (SSSR count). The van der Waals surface area contributed by atoms with Crippen LogP contribution in [0.2, 0.25) is 0 Å². The Morgan fingerprint density at radius 3 is 2.94 bits per heavy atom. The molecule has 1 heterocycles. The van der Waals surface area contributed by atoms with E-state index in [1.165, 1.54) is 22.3 Å². The van der Waals surface area contributed by atoms with Gasteiger partial charge in [0.2, 0.25) is 0 Å². The van der Waals surface area contributed by atoms with Crippen molar-refractivity contribution < 1.29 is 0 Å². The number of hydrogen-bond donors (Lipinski definition) is 0. The van der Waals surface area contributed by atoms with Gasteiger partial charge in [-0.15, -0.1) is 0 Å². The summed E-state index contributed by atoms with van der Waals surface area (Å²) in [6.45, 7) is 3.16. The van der Waals surface area contributed by atoms with E-state index in [2.05, 4.69) is 48.4 Å². The van der Waals surface area contributed by atoms with Crippen molar-refractivity contribution in [3.8, 4) is 0 Å². The molecule has 2 aliphatic carbocycles. The fraction of sp³-hybridized carbons (Fsp3) is 0.353. The normalized spacial score (nSPS) is 25.9. The van der Waals surface area contributed by atoms with Crippen molar-refractivity contribution >= 4 is 6.21 Å². The van der Waals surface area contributed by atoms with Crippen LogP contribution < -0.4 is 0 Å². The Balaban J connectivity index is 1.84. The third-order valence-corrected chi connectivity index (χ3v) is 3.84. The molecule has 1 heteroatoms. The minimum Gasteiger partial charge on any atom is -0.292 e. The van der Waals surface area contributed by atoms with Gasteiger partial charge in [-0.2, -0.15) is 0 Å². The number of dihydropyridines is 1. The number of aliphatic imine (C=N–C) groups is 1. The van der Waals surface area contributed by atoms with Gasteiger partial charge in [0.05, 0.1) is 0 Å². The summed E-state index contributed by atoms with van der Waals surface area (Å²) >= 11 is 0. The smallest absolute Gasteiger partial charge is 0.0424 e. The van der Waals surface area contributed by atoms with Crippen molar-refractivity contribution in [2.75, 3.05) is 6.54 Å². The molecular weight excluding hydrogens is 218 g/mol.